The molecule has 1 N–H and O–H groups in total. The van der Waals surface area contributed by atoms with Crippen LogP contribution in [0.3, 0.4) is 0 Å². The van der Waals surface area contributed by atoms with Gasteiger partial charge in [0.1, 0.15) is 0 Å². The van der Waals surface area contributed by atoms with E-state index in [1.807, 2.05) is 0 Å². The molecule has 21 heavy (non-hydrogen) atoms. The summed E-state index contributed by atoms with van der Waals surface area (Å²) >= 11 is 0. The number of nitrogens with one attached hydrogen (secondary N) is 1. The molecule has 2 nitrogen and oxygen atoms in total. The van der Waals surface area contributed by atoms with Crippen LogP contribution < -0.4 is 5.32 Å². The Hall–Kier alpha value is -0.860. The Morgan fingerprint density at radius 3 is 2.62 bits per heavy atom. The highest BCUT2D eigenvalue weighted by molar-refractivity contribution is 5.30. The fourth-order valence-electron chi connectivity index (χ4n) is 3.43. The first-order valence-corrected chi connectivity index (χ1v) is 8.64. The van der Waals surface area contributed by atoms with Crippen LogP contribution >= 0.6 is 0 Å². The van der Waals surface area contributed by atoms with Gasteiger partial charge in [0, 0.05) is 12.6 Å². The van der Waals surface area contributed by atoms with Crippen molar-refractivity contribution in [1.82, 2.24) is 10.2 Å². The van der Waals surface area contributed by atoms with Crippen LogP contribution in [0.1, 0.15) is 55.2 Å². The molecule has 0 amide bonds. The normalized spacial score (nSPS) is 16.6. The van der Waals surface area contributed by atoms with E-state index in [1.165, 1.54) is 61.8 Å². The van der Waals surface area contributed by atoms with Crippen molar-refractivity contribution >= 4 is 0 Å². The minimum absolute atomic E-state index is 0.845. The Kier molecular flexibility index (Phi) is 6.72. The first-order chi connectivity index (χ1) is 10.2. The van der Waals surface area contributed by atoms with E-state index in [2.05, 4.69) is 49.3 Å². The molecule has 1 aromatic carbocycles. The fourth-order valence-corrected chi connectivity index (χ4v) is 3.43. The van der Waals surface area contributed by atoms with Gasteiger partial charge in [-0.05, 0) is 64.4 Å². The highest BCUT2D eigenvalue weighted by Gasteiger charge is 2.17. The monoisotopic (exact) mass is 288 g/mol. The molecule has 118 valence electrons. The van der Waals surface area contributed by atoms with Gasteiger partial charge in [0.25, 0.3) is 0 Å². The molecular weight excluding hydrogens is 256 g/mol. The van der Waals surface area contributed by atoms with Crippen LogP contribution in [-0.4, -0.2) is 31.1 Å². The number of aryl methyl sites for hydroxylation is 2. The number of hydrogen-bond donors (Lipinski definition) is 1. The zero-order valence-corrected chi connectivity index (χ0v) is 14.1. The lowest BCUT2D eigenvalue weighted by Crippen LogP contribution is -2.35. The fraction of sp³-hybridized carbons (Fsp3) is 0.684. The predicted molar refractivity (Wildman–Crippen MR) is 91.7 cm³/mol. The standard InChI is InChI=1S/C19H32N2/c1-16-10-11-18(17(2)14-16)15-20-12-7-13-21(3)19-8-5-4-6-9-19/h10-11,14,19-20H,4-9,12-13,15H2,1-3H3. The summed E-state index contributed by atoms with van der Waals surface area (Å²) < 4.78 is 0. The van der Waals surface area contributed by atoms with Gasteiger partial charge in [-0.3, -0.25) is 0 Å². The summed E-state index contributed by atoms with van der Waals surface area (Å²) in [5.41, 5.74) is 4.19. The third-order valence-electron chi connectivity index (χ3n) is 4.88. The quantitative estimate of drug-likeness (QED) is 0.762. The maximum atomic E-state index is 3.59. The molecule has 0 atom stereocenters. The SMILES string of the molecule is Cc1ccc(CNCCCN(C)C2CCCCC2)c(C)c1. The van der Waals surface area contributed by atoms with E-state index in [-0.39, 0.29) is 0 Å². The van der Waals surface area contributed by atoms with Crippen LogP contribution in [0.4, 0.5) is 0 Å². The highest BCUT2D eigenvalue weighted by atomic mass is 15.1. The lowest BCUT2D eigenvalue weighted by atomic mass is 9.94. The van der Waals surface area contributed by atoms with Crippen LogP contribution in [0.5, 0.6) is 0 Å². The second-order valence-electron chi connectivity index (χ2n) is 6.73. The number of rotatable bonds is 7. The van der Waals surface area contributed by atoms with E-state index >= 15 is 0 Å². The first-order valence-electron chi connectivity index (χ1n) is 8.64. The lowest BCUT2D eigenvalue weighted by Gasteiger charge is -2.31. The Morgan fingerprint density at radius 2 is 1.90 bits per heavy atom. The molecule has 0 unspecified atom stereocenters. The summed E-state index contributed by atoms with van der Waals surface area (Å²) in [6.45, 7) is 7.71. The molecule has 1 aliphatic rings. The molecule has 0 heterocycles. The van der Waals surface area contributed by atoms with Crippen molar-refractivity contribution in [3.63, 3.8) is 0 Å². The van der Waals surface area contributed by atoms with Gasteiger partial charge in [-0.1, -0.05) is 43.0 Å². The van der Waals surface area contributed by atoms with Crippen molar-refractivity contribution in [2.75, 3.05) is 20.1 Å². The summed E-state index contributed by atoms with van der Waals surface area (Å²) in [5.74, 6) is 0. The van der Waals surface area contributed by atoms with E-state index < -0.39 is 0 Å². The zero-order chi connectivity index (χ0) is 15.1. The van der Waals surface area contributed by atoms with Crippen molar-refractivity contribution in [1.29, 1.82) is 0 Å². The number of hydrogen-bond acceptors (Lipinski definition) is 2. The Morgan fingerprint density at radius 1 is 1.14 bits per heavy atom. The van der Waals surface area contributed by atoms with Gasteiger partial charge in [-0.25, -0.2) is 0 Å². The Bertz CT molecular complexity index is 422. The summed E-state index contributed by atoms with van der Waals surface area (Å²) in [6.07, 6.45) is 8.37. The lowest BCUT2D eigenvalue weighted by molar-refractivity contribution is 0.189. The number of nitrogens with zero attached hydrogens (tertiary/aromatic N) is 1. The van der Waals surface area contributed by atoms with Gasteiger partial charge in [-0.2, -0.15) is 0 Å². The predicted octanol–water partition coefficient (Wildman–Crippen LogP) is 4.05. The van der Waals surface area contributed by atoms with Gasteiger partial charge in [0.15, 0.2) is 0 Å². The van der Waals surface area contributed by atoms with Crippen molar-refractivity contribution in [2.45, 2.75) is 65.0 Å². The molecule has 1 aliphatic carbocycles. The van der Waals surface area contributed by atoms with E-state index in [9.17, 15) is 0 Å². The molecule has 1 fully saturated rings. The van der Waals surface area contributed by atoms with Crippen LogP contribution in [0.25, 0.3) is 0 Å². The third kappa shape index (κ3) is 5.44. The van der Waals surface area contributed by atoms with Crippen LogP contribution in [0, 0.1) is 13.8 Å². The van der Waals surface area contributed by atoms with Crippen molar-refractivity contribution < 1.29 is 0 Å². The summed E-state index contributed by atoms with van der Waals surface area (Å²) in [4.78, 5) is 2.58. The molecule has 0 bridgehead atoms. The summed E-state index contributed by atoms with van der Waals surface area (Å²) in [7, 11) is 2.31. The highest BCUT2D eigenvalue weighted by Crippen LogP contribution is 2.21. The van der Waals surface area contributed by atoms with Crippen LogP contribution in [0.15, 0.2) is 18.2 Å². The summed E-state index contributed by atoms with van der Waals surface area (Å²) in [6, 6.07) is 7.58. The number of benzene rings is 1. The summed E-state index contributed by atoms with van der Waals surface area (Å²) in [5, 5.41) is 3.59. The van der Waals surface area contributed by atoms with Gasteiger partial charge in [0.05, 0.1) is 0 Å². The van der Waals surface area contributed by atoms with Gasteiger partial charge >= 0.3 is 0 Å². The molecular formula is C19H32N2. The van der Waals surface area contributed by atoms with E-state index in [0.29, 0.717) is 0 Å². The van der Waals surface area contributed by atoms with E-state index in [1.54, 1.807) is 0 Å². The smallest absolute Gasteiger partial charge is 0.0208 e. The maximum absolute atomic E-state index is 3.59. The molecule has 0 saturated heterocycles. The van der Waals surface area contributed by atoms with Crippen molar-refractivity contribution in [2.24, 2.45) is 0 Å². The largest absolute Gasteiger partial charge is 0.313 e. The minimum atomic E-state index is 0.845. The minimum Gasteiger partial charge on any atom is -0.313 e. The second kappa shape index (κ2) is 8.55. The van der Waals surface area contributed by atoms with E-state index in [4.69, 9.17) is 0 Å². The molecule has 0 aromatic heterocycles. The van der Waals surface area contributed by atoms with Crippen molar-refractivity contribution in [3.05, 3.63) is 34.9 Å². The second-order valence-corrected chi connectivity index (χ2v) is 6.73. The van der Waals surface area contributed by atoms with Crippen LogP contribution in [0.2, 0.25) is 0 Å². The molecule has 0 aliphatic heterocycles. The molecule has 1 aromatic rings. The molecule has 0 spiro atoms. The van der Waals surface area contributed by atoms with Crippen molar-refractivity contribution in [3.8, 4) is 0 Å². The average Bonchev–Trinajstić information content (AvgIpc) is 2.49. The van der Waals surface area contributed by atoms with Gasteiger partial charge in [0.2, 0.25) is 0 Å². The van der Waals surface area contributed by atoms with E-state index in [0.717, 1.165) is 19.1 Å². The Balaban J connectivity index is 1.61. The first kappa shape index (κ1) is 16.5. The average molecular weight is 288 g/mol. The molecule has 1 saturated carbocycles. The molecule has 0 radical (unpaired) electrons. The molecule has 2 rings (SSSR count). The van der Waals surface area contributed by atoms with Gasteiger partial charge < -0.3 is 10.2 Å². The topological polar surface area (TPSA) is 15.3 Å². The van der Waals surface area contributed by atoms with Gasteiger partial charge in [-0.15, -0.1) is 0 Å². The van der Waals surface area contributed by atoms with Crippen LogP contribution in [-0.2, 0) is 6.54 Å². The third-order valence-corrected chi connectivity index (χ3v) is 4.88. The zero-order valence-electron chi connectivity index (χ0n) is 14.1. The Labute approximate surface area is 130 Å². The maximum Gasteiger partial charge on any atom is 0.0208 e. The molecule has 2 heteroatoms.